The summed E-state index contributed by atoms with van der Waals surface area (Å²) in [6.45, 7) is 11.7. The number of nitrogens with zero attached hydrogens (tertiary/aromatic N) is 4. The quantitative estimate of drug-likeness (QED) is 0.242. The van der Waals surface area contributed by atoms with Gasteiger partial charge in [0, 0.05) is 23.2 Å². The summed E-state index contributed by atoms with van der Waals surface area (Å²) in [6, 6.07) is 14.2. The van der Waals surface area contributed by atoms with Crippen LogP contribution in [0.15, 0.2) is 48.7 Å². The second-order valence-corrected chi connectivity index (χ2v) is 11.6. The molecule has 4 nitrogen and oxygen atoms in total. The van der Waals surface area contributed by atoms with Crippen molar-refractivity contribution in [2.45, 2.75) is 50.2 Å². The van der Waals surface area contributed by atoms with Crippen molar-refractivity contribution in [1.29, 1.82) is 5.26 Å². The fourth-order valence-corrected chi connectivity index (χ4v) is 5.52. The molecule has 1 heterocycles. The van der Waals surface area contributed by atoms with Crippen molar-refractivity contribution in [2.75, 3.05) is 19.6 Å². The molecule has 0 spiro atoms. The molecule has 1 saturated carbocycles. The first-order valence-corrected chi connectivity index (χ1v) is 13.6. The molecule has 3 aromatic rings. The molecule has 39 heavy (non-hydrogen) atoms. The Morgan fingerprint density at radius 2 is 1.56 bits per heavy atom. The number of nitriles is 1. The molecule has 0 saturated heterocycles. The zero-order valence-corrected chi connectivity index (χ0v) is 25.3. The van der Waals surface area contributed by atoms with Crippen molar-refractivity contribution >= 4 is 46.4 Å². The molecule has 2 aromatic carbocycles. The predicted molar refractivity (Wildman–Crippen MR) is 147 cm³/mol. The molecular weight excluding hydrogens is 615 g/mol. The average molecular weight is 643 g/mol. The van der Waals surface area contributed by atoms with Gasteiger partial charge < -0.3 is 16.9 Å². The molecule has 4 rings (SSSR count). The molecule has 0 N–H and O–H groups in total. The molecule has 1 fully saturated rings. The largest absolute Gasteiger partial charge is 1.00 e. The van der Waals surface area contributed by atoms with Crippen LogP contribution in [-0.2, 0) is 12.7 Å². The number of halogens is 8. The van der Waals surface area contributed by atoms with Gasteiger partial charge in [-0.2, -0.15) is 23.5 Å². The first-order valence-electron chi connectivity index (χ1n) is 12.1. The van der Waals surface area contributed by atoms with Crippen LogP contribution < -0.4 is 12.4 Å². The Hall–Kier alpha value is -1.66. The lowest BCUT2D eigenvalue weighted by molar-refractivity contribution is -0.936. The molecule has 1 aromatic heterocycles. The van der Waals surface area contributed by atoms with E-state index in [1.807, 2.05) is 6.07 Å². The van der Waals surface area contributed by atoms with Crippen molar-refractivity contribution in [3.8, 4) is 11.8 Å². The van der Waals surface area contributed by atoms with E-state index in [1.54, 1.807) is 0 Å². The fourth-order valence-electron chi connectivity index (χ4n) is 4.32. The molecule has 0 aliphatic heterocycles. The van der Waals surface area contributed by atoms with Gasteiger partial charge in [-0.05, 0) is 39.3 Å². The second-order valence-electron chi connectivity index (χ2n) is 9.23. The molecule has 12 heteroatoms. The minimum atomic E-state index is -4.58. The SMILES string of the molecule is CC[N+](CC)(CC)Cc1ccccc1.N#Cc1nn(-c2c(Cl)cc(C(F)(F)F)cc2Cl)cc1C1CC1(Cl)Cl.[Cl-]. The Morgan fingerprint density at radius 1 is 1.05 bits per heavy atom. The Labute approximate surface area is 253 Å². The molecule has 0 radical (unpaired) electrons. The number of alkyl halides is 5. The van der Waals surface area contributed by atoms with Crippen LogP contribution in [0.3, 0.4) is 0 Å². The van der Waals surface area contributed by atoms with Crippen LogP contribution in [0, 0.1) is 11.3 Å². The summed E-state index contributed by atoms with van der Waals surface area (Å²) >= 11 is 23.9. The van der Waals surface area contributed by atoms with E-state index < -0.39 is 16.1 Å². The second kappa shape index (κ2) is 13.3. The number of quaternary nitrogens is 1. The number of aromatic nitrogens is 2. The molecule has 1 atom stereocenters. The van der Waals surface area contributed by atoms with Crippen LogP contribution in [0.4, 0.5) is 13.2 Å². The van der Waals surface area contributed by atoms with E-state index in [4.69, 9.17) is 46.4 Å². The van der Waals surface area contributed by atoms with Crippen molar-refractivity contribution in [3.05, 3.63) is 81.1 Å². The van der Waals surface area contributed by atoms with Crippen LogP contribution in [0.5, 0.6) is 0 Å². The van der Waals surface area contributed by atoms with Crippen LogP contribution in [0.25, 0.3) is 5.69 Å². The van der Waals surface area contributed by atoms with Gasteiger partial charge in [-0.15, -0.1) is 23.2 Å². The third-order valence-electron chi connectivity index (χ3n) is 7.00. The van der Waals surface area contributed by atoms with Crippen LogP contribution in [0.1, 0.15) is 55.5 Å². The highest BCUT2D eigenvalue weighted by atomic mass is 35.5. The summed E-state index contributed by atoms with van der Waals surface area (Å²) in [5, 5.41) is 12.7. The number of benzene rings is 2. The van der Waals surface area contributed by atoms with E-state index in [9.17, 15) is 18.4 Å². The van der Waals surface area contributed by atoms with Gasteiger partial charge in [0.1, 0.15) is 22.6 Å². The molecule has 1 aliphatic carbocycles. The highest BCUT2D eigenvalue weighted by molar-refractivity contribution is 6.51. The number of hydrogen-bond donors (Lipinski definition) is 0. The highest BCUT2D eigenvalue weighted by Gasteiger charge is 2.54. The van der Waals surface area contributed by atoms with Gasteiger partial charge in [-0.25, -0.2) is 4.68 Å². The predicted octanol–water partition coefficient (Wildman–Crippen LogP) is 5.80. The minimum absolute atomic E-state index is 0. The van der Waals surface area contributed by atoms with E-state index >= 15 is 0 Å². The third kappa shape index (κ3) is 7.97. The van der Waals surface area contributed by atoms with Crippen LogP contribution in [-0.4, -0.2) is 38.2 Å². The van der Waals surface area contributed by atoms with Gasteiger partial charge in [0.25, 0.3) is 0 Å². The number of rotatable bonds is 7. The van der Waals surface area contributed by atoms with Crippen molar-refractivity contribution < 1.29 is 30.1 Å². The lowest BCUT2D eigenvalue weighted by Crippen LogP contribution is -3.00. The lowest BCUT2D eigenvalue weighted by Gasteiger charge is -2.35. The molecule has 1 unspecified atom stereocenters. The van der Waals surface area contributed by atoms with Gasteiger partial charge in [0.05, 0.1) is 35.2 Å². The standard InChI is InChI=1S/C14H6Cl4F3N3.C13H22N.ClH/c15-9-1-6(14(19,20)21)2-10(16)12(9)24-5-7(11(4-22)23-24)8-3-13(8,17)18;1-4-14(5-2,6-3)12-13-10-8-7-9-11-13;/h1-2,5,8H,3H2;7-11H,4-6,12H2,1-3H3;1H/q;+1;/p-1. The van der Waals surface area contributed by atoms with Crippen LogP contribution >= 0.6 is 46.4 Å². The molecule has 0 amide bonds. The zero-order chi connectivity index (χ0) is 28.3. The third-order valence-corrected chi connectivity index (χ3v) is 8.41. The van der Waals surface area contributed by atoms with Gasteiger partial charge in [0.2, 0.25) is 0 Å². The van der Waals surface area contributed by atoms with Crippen LogP contribution in [0.2, 0.25) is 10.0 Å². The zero-order valence-electron chi connectivity index (χ0n) is 21.5. The Kier molecular flexibility index (Phi) is 11.5. The van der Waals surface area contributed by atoms with Crippen molar-refractivity contribution in [3.63, 3.8) is 0 Å². The summed E-state index contributed by atoms with van der Waals surface area (Å²) in [4.78, 5) is 0. The van der Waals surface area contributed by atoms with E-state index in [0.29, 0.717) is 12.0 Å². The summed E-state index contributed by atoms with van der Waals surface area (Å²) in [5.74, 6) is -0.281. The van der Waals surface area contributed by atoms with E-state index in [0.717, 1.165) is 12.1 Å². The van der Waals surface area contributed by atoms with Gasteiger partial charge >= 0.3 is 6.18 Å². The Balaban J connectivity index is 0.000000306. The first-order chi connectivity index (χ1) is 17.8. The normalized spacial score (nSPS) is 16.0. The summed E-state index contributed by atoms with van der Waals surface area (Å²) in [6.07, 6.45) is -2.68. The van der Waals surface area contributed by atoms with Crippen molar-refractivity contribution in [2.24, 2.45) is 0 Å². The summed E-state index contributed by atoms with van der Waals surface area (Å²) in [5.41, 5.74) is 1.09. The average Bonchev–Trinajstić information content (AvgIpc) is 3.31. The van der Waals surface area contributed by atoms with E-state index in [2.05, 4.69) is 56.2 Å². The first kappa shape index (κ1) is 33.5. The monoisotopic (exact) mass is 640 g/mol. The maximum Gasteiger partial charge on any atom is 0.416 e. The van der Waals surface area contributed by atoms with E-state index in [1.165, 1.54) is 47.1 Å². The molecule has 1 aliphatic rings. The minimum Gasteiger partial charge on any atom is -1.00 e. The highest BCUT2D eigenvalue weighted by Crippen LogP contribution is 2.60. The number of hydrogen-bond acceptors (Lipinski definition) is 2. The van der Waals surface area contributed by atoms with E-state index in [-0.39, 0.29) is 39.8 Å². The lowest BCUT2D eigenvalue weighted by atomic mass is 10.1. The fraction of sp³-hybridized carbons (Fsp3) is 0.407. The smallest absolute Gasteiger partial charge is 0.416 e. The van der Waals surface area contributed by atoms with Gasteiger partial charge in [-0.1, -0.05) is 53.5 Å². The van der Waals surface area contributed by atoms with Crippen molar-refractivity contribution in [1.82, 2.24) is 9.78 Å². The molecule has 0 bridgehead atoms. The topological polar surface area (TPSA) is 41.6 Å². The summed E-state index contributed by atoms with van der Waals surface area (Å²) in [7, 11) is 0. The maximum absolute atomic E-state index is 12.8. The van der Waals surface area contributed by atoms with Gasteiger partial charge in [0.15, 0.2) is 5.69 Å². The van der Waals surface area contributed by atoms with Gasteiger partial charge in [-0.3, -0.25) is 0 Å². The Morgan fingerprint density at radius 3 is 1.97 bits per heavy atom. The maximum atomic E-state index is 12.8. The molecule has 212 valence electrons. The summed E-state index contributed by atoms with van der Waals surface area (Å²) < 4.78 is 39.8. The molecular formula is C27H28Cl5F3N4. The Bertz CT molecular complexity index is 1270.